The second-order valence-corrected chi connectivity index (χ2v) is 6.03. The number of anilines is 2. The fourth-order valence-corrected chi connectivity index (χ4v) is 2.50. The fraction of sp³-hybridized carbons (Fsp3) is 0.111. The molecule has 0 atom stereocenters. The molecular formula is C18H15Cl2N3O. The van der Waals surface area contributed by atoms with E-state index < -0.39 is 5.91 Å². The monoisotopic (exact) mass is 359 g/mol. The highest BCUT2D eigenvalue weighted by molar-refractivity contribution is 6.44. The van der Waals surface area contributed by atoms with Gasteiger partial charge in [-0.05, 0) is 49.2 Å². The van der Waals surface area contributed by atoms with Crippen molar-refractivity contribution in [1.29, 1.82) is 5.26 Å². The maximum absolute atomic E-state index is 12.2. The van der Waals surface area contributed by atoms with E-state index in [-0.39, 0.29) is 10.6 Å². The molecule has 24 heavy (non-hydrogen) atoms. The average molecular weight is 360 g/mol. The minimum atomic E-state index is -0.571. The van der Waals surface area contributed by atoms with Crippen LogP contribution in [0.4, 0.5) is 11.4 Å². The zero-order valence-corrected chi connectivity index (χ0v) is 14.7. The van der Waals surface area contributed by atoms with Gasteiger partial charge in [0, 0.05) is 11.9 Å². The van der Waals surface area contributed by atoms with Crippen LogP contribution >= 0.6 is 23.2 Å². The summed E-state index contributed by atoms with van der Waals surface area (Å²) in [6.07, 6.45) is 1.36. The molecule has 2 aromatic rings. The molecule has 6 heteroatoms. The normalized spacial score (nSPS) is 10.9. The first-order valence-electron chi connectivity index (χ1n) is 7.11. The Labute approximate surface area is 150 Å². The lowest BCUT2D eigenvalue weighted by atomic mass is 10.1. The number of hydrogen-bond donors (Lipinski definition) is 2. The molecular weight excluding hydrogens is 345 g/mol. The van der Waals surface area contributed by atoms with Gasteiger partial charge in [-0.3, -0.25) is 4.79 Å². The minimum Gasteiger partial charge on any atom is -0.360 e. The summed E-state index contributed by atoms with van der Waals surface area (Å²) in [6.45, 7) is 3.95. The lowest BCUT2D eigenvalue weighted by molar-refractivity contribution is -0.112. The van der Waals surface area contributed by atoms with E-state index in [0.717, 1.165) is 16.8 Å². The topological polar surface area (TPSA) is 64.9 Å². The predicted molar refractivity (Wildman–Crippen MR) is 98.3 cm³/mol. The molecule has 2 aromatic carbocycles. The van der Waals surface area contributed by atoms with Crippen molar-refractivity contribution in [2.24, 2.45) is 0 Å². The van der Waals surface area contributed by atoms with E-state index >= 15 is 0 Å². The van der Waals surface area contributed by atoms with Crippen LogP contribution in [0.2, 0.25) is 10.0 Å². The first-order chi connectivity index (χ1) is 11.4. The predicted octanol–water partition coefficient (Wildman–Crippen LogP) is 5.07. The second-order valence-electron chi connectivity index (χ2n) is 5.25. The first kappa shape index (κ1) is 17.9. The van der Waals surface area contributed by atoms with Crippen molar-refractivity contribution in [3.63, 3.8) is 0 Å². The number of rotatable bonds is 4. The van der Waals surface area contributed by atoms with Gasteiger partial charge in [-0.25, -0.2) is 0 Å². The summed E-state index contributed by atoms with van der Waals surface area (Å²) in [7, 11) is 0. The van der Waals surface area contributed by atoms with Crippen LogP contribution in [-0.2, 0) is 4.79 Å². The molecule has 0 fully saturated rings. The fourth-order valence-electron chi connectivity index (χ4n) is 2.15. The van der Waals surface area contributed by atoms with Crippen molar-refractivity contribution in [3.8, 4) is 6.07 Å². The largest absolute Gasteiger partial charge is 0.360 e. The molecule has 0 saturated carbocycles. The van der Waals surface area contributed by atoms with Gasteiger partial charge < -0.3 is 10.6 Å². The Morgan fingerprint density at radius 2 is 1.83 bits per heavy atom. The molecule has 0 aliphatic heterocycles. The molecule has 0 bridgehead atoms. The summed E-state index contributed by atoms with van der Waals surface area (Å²) < 4.78 is 0. The maximum Gasteiger partial charge on any atom is 0.267 e. The molecule has 1 amide bonds. The lowest BCUT2D eigenvalue weighted by Gasteiger charge is -2.08. The summed E-state index contributed by atoms with van der Waals surface area (Å²) in [5, 5.41) is 15.3. The minimum absolute atomic E-state index is 0.0785. The zero-order chi connectivity index (χ0) is 17.7. The molecule has 0 radical (unpaired) electrons. The van der Waals surface area contributed by atoms with Crippen molar-refractivity contribution in [2.45, 2.75) is 13.8 Å². The highest BCUT2D eigenvalue weighted by atomic mass is 35.5. The molecule has 0 aliphatic rings. The van der Waals surface area contributed by atoms with Crippen LogP contribution in [0, 0.1) is 25.2 Å². The summed E-state index contributed by atoms with van der Waals surface area (Å²) in [5.74, 6) is -0.571. The summed E-state index contributed by atoms with van der Waals surface area (Å²) in [5.41, 5.74) is 3.24. The van der Waals surface area contributed by atoms with Crippen LogP contribution in [-0.4, -0.2) is 5.91 Å². The highest BCUT2D eigenvalue weighted by Crippen LogP contribution is 2.29. The van der Waals surface area contributed by atoms with Gasteiger partial charge in [-0.2, -0.15) is 5.26 Å². The van der Waals surface area contributed by atoms with Crippen molar-refractivity contribution in [2.75, 3.05) is 10.6 Å². The van der Waals surface area contributed by atoms with E-state index in [2.05, 4.69) is 10.6 Å². The molecule has 0 aliphatic carbocycles. The van der Waals surface area contributed by atoms with E-state index in [1.807, 2.05) is 38.1 Å². The molecule has 2 rings (SSSR count). The van der Waals surface area contributed by atoms with Crippen LogP contribution in [0.25, 0.3) is 0 Å². The van der Waals surface area contributed by atoms with Crippen molar-refractivity contribution >= 4 is 40.5 Å². The zero-order valence-electron chi connectivity index (χ0n) is 13.2. The van der Waals surface area contributed by atoms with Crippen molar-refractivity contribution < 1.29 is 4.79 Å². The van der Waals surface area contributed by atoms with E-state index in [1.165, 1.54) is 6.20 Å². The van der Waals surface area contributed by atoms with E-state index in [4.69, 9.17) is 23.2 Å². The van der Waals surface area contributed by atoms with Crippen molar-refractivity contribution in [1.82, 2.24) is 0 Å². The number of carbonyl (C=O) groups is 1. The third-order valence-electron chi connectivity index (χ3n) is 3.17. The standard InChI is InChI=1S/C18H15Cl2N3O/c1-11-6-12(2)8-14(7-11)22-10-13(9-21)18(24)23-16-5-3-4-15(19)17(16)20/h3-8,10,22H,1-2H3,(H,23,24)/b13-10-. The molecule has 0 aromatic heterocycles. The van der Waals surface area contributed by atoms with E-state index in [1.54, 1.807) is 18.2 Å². The van der Waals surface area contributed by atoms with Crippen molar-refractivity contribution in [3.05, 3.63) is 69.3 Å². The number of hydrogen-bond acceptors (Lipinski definition) is 3. The average Bonchev–Trinajstić information content (AvgIpc) is 2.51. The van der Waals surface area contributed by atoms with Gasteiger partial charge in [0.2, 0.25) is 0 Å². The van der Waals surface area contributed by atoms with E-state index in [0.29, 0.717) is 10.7 Å². The van der Waals surface area contributed by atoms with Gasteiger partial charge in [0.15, 0.2) is 0 Å². The molecule has 2 N–H and O–H groups in total. The number of benzene rings is 2. The van der Waals surface area contributed by atoms with Gasteiger partial charge in [0.1, 0.15) is 11.6 Å². The Balaban J connectivity index is 2.16. The number of halogens is 2. The Morgan fingerprint density at radius 3 is 2.46 bits per heavy atom. The number of aryl methyl sites for hydroxylation is 2. The second kappa shape index (κ2) is 7.87. The number of nitriles is 1. The SMILES string of the molecule is Cc1cc(C)cc(N/C=C(/C#N)C(=O)Nc2cccc(Cl)c2Cl)c1. The number of carbonyl (C=O) groups excluding carboxylic acids is 1. The quantitative estimate of drug-likeness (QED) is 0.591. The third kappa shape index (κ3) is 4.51. The van der Waals surface area contributed by atoms with Gasteiger partial charge >= 0.3 is 0 Å². The van der Waals surface area contributed by atoms with Crippen LogP contribution in [0.1, 0.15) is 11.1 Å². The smallest absolute Gasteiger partial charge is 0.267 e. The Bertz CT molecular complexity index is 834. The van der Waals surface area contributed by atoms with Gasteiger partial charge in [-0.1, -0.05) is 35.3 Å². The van der Waals surface area contributed by atoms with Crippen LogP contribution < -0.4 is 10.6 Å². The molecule has 122 valence electrons. The van der Waals surface area contributed by atoms with Crippen LogP contribution in [0.3, 0.4) is 0 Å². The number of nitrogens with zero attached hydrogens (tertiary/aromatic N) is 1. The maximum atomic E-state index is 12.2. The Kier molecular flexibility index (Phi) is 5.86. The number of nitrogens with one attached hydrogen (secondary N) is 2. The molecule has 0 unspecified atom stereocenters. The van der Waals surface area contributed by atoms with Gasteiger partial charge in [0.05, 0.1) is 15.7 Å². The molecule has 0 heterocycles. The van der Waals surface area contributed by atoms with Crippen LogP contribution in [0.15, 0.2) is 48.2 Å². The third-order valence-corrected chi connectivity index (χ3v) is 3.99. The lowest BCUT2D eigenvalue weighted by Crippen LogP contribution is -2.15. The molecule has 4 nitrogen and oxygen atoms in total. The first-order valence-corrected chi connectivity index (χ1v) is 7.87. The summed E-state index contributed by atoms with van der Waals surface area (Å²) in [6, 6.07) is 12.6. The summed E-state index contributed by atoms with van der Waals surface area (Å²) >= 11 is 11.9. The van der Waals surface area contributed by atoms with E-state index in [9.17, 15) is 10.1 Å². The Morgan fingerprint density at radius 1 is 1.17 bits per heavy atom. The van der Waals surface area contributed by atoms with Gasteiger partial charge in [-0.15, -0.1) is 0 Å². The summed E-state index contributed by atoms with van der Waals surface area (Å²) in [4.78, 5) is 12.2. The molecule has 0 spiro atoms. The molecule has 0 saturated heterocycles. The van der Waals surface area contributed by atoms with Gasteiger partial charge in [0.25, 0.3) is 5.91 Å². The van der Waals surface area contributed by atoms with Crippen LogP contribution in [0.5, 0.6) is 0 Å². The Hall–Kier alpha value is -2.48. The highest BCUT2D eigenvalue weighted by Gasteiger charge is 2.12. The number of amides is 1.